The summed E-state index contributed by atoms with van der Waals surface area (Å²) in [6, 6.07) is 0. The molecule has 0 bridgehead atoms. The summed E-state index contributed by atoms with van der Waals surface area (Å²) in [5, 5.41) is 12.4. The van der Waals surface area contributed by atoms with Gasteiger partial charge in [-0.1, -0.05) is 12.8 Å². The SMILES string of the molecule is O=C(CCCl)NCC1CCCCC1O. The smallest absolute Gasteiger partial charge is 0.221 e. The third-order valence-corrected chi connectivity index (χ3v) is 2.94. The molecule has 0 heterocycles. The predicted molar refractivity (Wildman–Crippen MR) is 56.3 cm³/mol. The normalized spacial score (nSPS) is 27.3. The van der Waals surface area contributed by atoms with E-state index in [1.165, 1.54) is 0 Å². The van der Waals surface area contributed by atoms with Gasteiger partial charge in [-0.05, 0) is 12.8 Å². The average Bonchev–Trinajstić information content (AvgIpc) is 2.17. The number of alkyl halides is 1. The number of carbonyl (C=O) groups excluding carboxylic acids is 1. The van der Waals surface area contributed by atoms with Crippen molar-refractivity contribution in [1.29, 1.82) is 0 Å². The van der Waals surface area contributed by atoms with Crippen LogP contribution in [0.2, 0.25) is 0 Å². The second-order valence-electron chi connectivity index (χ2n) is 3.85. The molecule has 1 amide bonds. The third kappa shape index (κ3) is 3.84. The van der Waals surface area contributed by atoms with Crippen molar-refractivity contribution in [3.63, 3.8) is 0 Å². The minimum atomic E-state index is -0.236. The number of aliphatic hydroxyl groups excluding tert-OH is 1. The zero-order chi connectivity index (χ0) is 10.4. The predicted octanol–water partition coefficient (Wildman–Crippen LogP) is 1.28. The Balaban J connectivity index is 2.19. The summed E-state index contributed by atoms with van der Waals surface area (Å²) >= 11 is 5.44. The molecule has 4 heteroatoms. The van der Waals surface area contributed by atoms with Crippen LogP contribution in [0.15, 0.2) is 0 Å². The van der Waals surface area contributed by atoms with Crippen molar-refractivity contribution < 1.29 is 9.90 Å². The lowest BCUT2D eigenvalue weighted by molar-refractivity contribution is -0.121. The van der Waals surface area contributed by atoms with E-state index in [9.17, 15) is 9.90 Å². The zero-order valence-electron chi connectivity index (χ0n) is 8.34. The first-order valence-corrected chi connectivity index (χ1v) is 5.78. The van der Waals surface area contributed by atoms with E-state index in [1.807, 2.05) is 0 Å². The fraction of sp³-hybridized carbons (Fsp3) is 0.900. The Morgan fingerprint density at radius 3 is 2.79 bits per heavy atom. The molecule has 0 aromatic heterocycles. The highest BCUT2D eigenvalue weighted by molar-refractivity contribution is 6.18. The molecular weight excluding hydrogens is 202 g/mol. The third-order valence-electron chi connectivity index (χ3n) is 2.75. The van der Waals surface area contributed by atoms with Gasteiger partial charge in [-0.15, -0.1) is 11.6 Å². The summed E-state index contributed by atoms with van der Waals surface area (Å²) in [6.07, 6.45) is 4.28. The van der Waals surface area contributed by atoms with Crippen molar-refractivity contribution >= 4 is 17.5 Å². The van der Waals surface area contributed by atoms with Crippen LogP contribution in [-0.2, 0) is 4.79 Å². The fourth-order valence-corrected chi connectivity index (χ4v) is 2.02. The number of aliphatic hydroxyl groups is 1. The molecule has 0 aromatic rings. The molecule has 14 heavy (non-hydrogen) atoms. The first-order valence-electron chi connectivity index (χ1n) is 5.24. The highest BCUT2D eigenvalue weighted by Crippen LogP contribution is 2.23. The summed E-state index contributed by atoms with van der Waals surface area (Å²) in [7, 11) is 0. The van der Waals surface area contributed by atoms with Gasteiger partial charge in [0.2, 0.25) is 5.91 Å². The Kier molecular flexibility index (Phi) is 5.26. The molecule has 0 spiro atoms. The lowest BCUT2D eigenvalue weighted by Crippen LogP contribution is -2.36. The van der Waals surface area contributed by atoms with Gasteiger partial charge in [-0.3, -0.25) is 4.79 Å². The largest absolute Gasteiger partial charge is 0.393 e. The van der Waals surface area contributed by atoms with E-state index < -0.39 is 0 Å². The lowest BCUT2D eigenvalue weighted by atomic mass is 9.86. The molecule has 0 saturated heterocycles. The van der Waals surface area contributed by atoms with Crippen molar-refractivity contribution in [3.8, 4) is 0 Å². The van der Waals surface area contributed by atoms with E-state index in [2.05, 4.69) is 5.32 Å². The van der Waals surface area contributed by atoms with Gasteiger partial charge in [0, 0.05) is 24.8 Å². The van der Waals surface area contributed by atoms with E-state index in [1.54, 1.807) is 0 Å². The van der Waals surface area contributed by atoms with E-state index >= 15 is 0 Å². The minimum absolute atomic E-state index is 0.0160. The van der Waals surface area contributed by atoms with Crippen LogP contribution >= 0.6 is 11.6 Å². The Morgan fingerprint density at radius 1 is 1.43 bits per heavy atom. The Hall–Kier alpha value is -0.280. The Bertz CT molecular complexity index is 187. The van der Waals surface area contributed by atoms with Gasteiger partial charge in [-0.25, -0.2) is 0 Å². The molecule has 2 N–H and O–H groups in total. The number of amides is 1. The van der Waals surface area contributed by atoms with Crippen LogP contribution in [-0.4, -0.2) is 29.5 Å². The first kappa shape index (κ1) is 11.8. The molecule has 1 aliphatic rings. The number of halogens is 1. The number of hydrogen-bond acceptors (Lipinski definition) is 2. The van der Waals surface area contributed by atoms with Crippen molar-refractivity contribution in [1.82, 2.24) is 5.32 Å². The average molecular weight is 220 g/mol. The topological polar surface area (TPSA) is 49.3 Å². The van der Waals surface area contributed by atoms with Crippen LogP contribution in [0.3, 0.4) is 0 Å². The maximum atomic E-state index is 11.1. The molecule has 2 atom stereocenters. The molecule has 1 saturated carbocycles. The summed E-state index contributed by atoms with van der Waals surface area (Å²) in [6.45, 7) is 0.594. The number of carbonyl (C=O) groups is 1. The molecule has 3 nitrogen and oxygen atoms in total. The molecule has 0 aromatic carbocycles. The lowest BCUT2D eigenvalue weighted by Gasteiger charge is -2.27. The fourth-order valence-electron chi connectivity index (χ4n) is 1.85. The molecule has 2 unspecified atom stereocenters. The quantitative estimate of drug-likeness (QED) is 0.700. The monoisotopic (exact) mass is 219 g/mol. The van der Waals surface area contributed by atoms with Crippen LogP contribution in [0.1, 0.15) is 32.1 Å². The molecule has 0 radical (unpaired) electrons. The van der Waals surface area contributed by atoms with Crippen LogP contribution in [0.5, 0.6) is 0 Å². The van der Waals surface area contributed by atoms with Crippen molar-refractivity contribution in [2.75, 3.05) is 12.4 Å². The molecule has 1 aliphatic carbocycles. The summed E-state index contributed by atoms with van der Waals surface area (Å²) in [5.74, 6) is 0.583. The van der Waals surface area contributed by atoms with Gasteiger partial charge in [0.1, 0.15) is 0 Å². The Morgan fingerprint density at radius 2 is 2.14 bits per heavy atom. The van der Waals surface area contributed by atoms with Crippen molar-refractivity contribution in [3.05, 3.63) is 0 Å². The highest BCUT2D eigenvalue weighted by Gasteiger charge is 2.22. The second-order valence-corrected chi connectivity index (χ2v) is 4.23. The number of hydrogen-bond donors (Lipinski definition) is 2. The van der Waals surface area contributed by atoms with E-state index in [4.69, 9.17) is 11.6 Å². The molecular formula is C10H18ClNO2. The maximum Gasteiger partial charge on any atom is 0.221 e. The molecule has 1 fully saturated rings. The van der Waals surface area contributed by atoms with Crippen LogP contribution in [0, 0.1) is 5.92 Å². The van der Waals surface area contributed by atoms with Gasteiger partial charge in [0.15, 0.2) is 0 Å². The van der Waals surface area contributed by atoms with Crippen LogP contribution in [0.25, 0.3) is 0 Å². The van der Waals surface area contributed by atoms with E-state index in [0.29, 0.717) is 18.8 Å². The molecule has 1 rings (SSSR count). The summed E-state index contributed by atoms with van der Waals surface area (Å²) in [4.78, 5) is 11.1. The minimum Gasteiger partial charge on any atom is -0.393 e. The maximum absolute atomic E-state index is 11.1. The summed E-state index contributed by atoms with van der Waals surface area (Å²) < 4.78 is 0. The van der Waals surface area contributed by atoms with E-state index in [-0.39, 0.29) is 17.9 Å². The van der Waals surface area contributed by atoms with Gasteiger partial charge in [0.05, 0.1) is 6.10 Å². The van der Waals surface area contributed by atoms with Gasteiger partial charge < -0.3 is 10.4 Å². The number of nitrogens with one attached hydrogen (secondary N) is 1. The first-order chi connectivity index (χ1) is 6.74. The number of rotatable bonds is 4. The standard InChI is InChI=1S/C10H18ClNO2/c11-6-5-10(14)12-7-8-3-1-2-4-9(8)13/h8-9,13H,1-7H2,(H,12,14). The van der Waals surface area contributed by atoms with Crippen molar-refractivity contribution in [2.45, 2.75) is 38.2 Å². The summed E-state index contributed by atoms with van der Waals surface area (Å²) in [5.41, 5.74) is 0. The zero-order valence-corrected chi connectivity index (χ0v) is 9.09. The van der Waals surface area contributed by atoms with Crippen LogP contribution < -0.4 is 5.32 Å². The molecule has 82 valence electrons. The highest BCUT2D eigenvalue weighted by atomic mass is 35.5. The second kappa shape index (κ2) is 6.25. The van der Waals surface area contributed by atoms with Crippen LogP contribution in [0.4, 0.5) is 0 Å². The van der Waals surface area contributed by atoms with Gasteiger partial charge >= 0.3 is 0 Å². The Labute approximate surface area is 89.8 Å². The van der Waals surface area contributed by atoms with Gasteiger partial charge in [0.25, 0.3) is 0 Å². The van der Waals surface area contributed by atoms with Gasteiger partial charge in [-0.2, -0.15) is 0 Å². The van der Waals surface area contributed by atoms with Crippen molar-refractivity contribution in [2.24, 2.45) is 5.92 Å². The molecule has 0 aliphatic heterocycles. The van der Waals surface area contributed by atoms with E-state index in [0.717, 1.165) is 25.7 Å².